The van der Waals surface area contributed by atoms with Gasteiger partial charge < -0.3 is 0 Å². The quantitative estimate of drug-likeness (QED) is 0.731. The van der Waals surface area contributed by atoms with E-state index in [0.29, 0.717) is 13.1 Å². The average Bonchev–Trinajstić information content (AvgIpc) is 2.33. The van der Waals surface area contributed by atoms with Crippen molar-refractivity contribution in [3.8, 4) is 0 Å². The van der Waals surface area contributed by atoms with Crippen LogP contribution in [0.1, 0.15) is 24.2 Å². The molecule has 1 aliphatic heterocycles. The van der Waals surface area contributed by atoms with Crippen LogP contribution in [0, 0.1) is 17.0 Å². The summed E-state index contributed by atoms with van der Waals surface area (Å²) in [5.41, 5.74) is -0.863. The normalized spacial score (nSPS) is 20.4. The van der Waals surface area contributed by atoms with Crippen LogP contribution in [0.3, 0.4) is 0 Å². The molecule has 0 aromatic heterocycles. The lowest BCUT2D eigenvalue weighted by Gasteiger charge is -2.36. The molecule has 0 saturated carbocycles. The SMILES string of the molecule is CC1(C)CNP(=O)(NC(=O)c2c(F)cccc2F)NC1. The maximum absolute atomic E-state index is 13.5. The lowest BCUT2D eigenvalue weighted by atomic mass is 9.94. The van der Waals surface area contributed by atoms with Gasteiger partial charge in [-0.05, 0) is 17.5 Å². The molecule has 1 heterocycles. The standard InChI is InChI=1S/C12H16F2N3O2P/c1-12(2)6-15-20(19,16-7-12)17-11(18)10-8(13)4-3-5-9(10)14/h3-5H,6-7H2,1-2H3,(H3,15,16,17,18,19). The first-order valence-corrected chi connectivity index (χ1v) is 7.80. The average molecular weight is 303 g/mol. The molecule has 1 fully saturated rings. The first-order chi connectivity index (χ1) is 9.22. The maximum Gasteiger partial charge on any atom is 0.305 e. The Morgan fingerprint density at radius 3 is 2.25 bits per heavy atom. The Balaban J connectivity index is 2.15. The molecule has 2 rings (SSSR count). The van der Waals surface area contributed by atoms with Crippen LogP contribution >= 0.6 is 7.59 Å². The van der Waals surface area contributed by atoms with Crippen LogP contribution in [-0.4, -0.2) is 19.0 Å². The molecule has 1 aromatic carbocycles. The second-order valence-corrected chi connectivity index (χ2v) is 7.56. The molecule has 0 unspecified atom stereocenters. The molecule has 0 radical (unpaired) electrons. The number of nitrogens with one attached hydrogen (secondary N) is 3. The molecule has 8 heteroatoms. The van der Waals surface area contributed by atoms with Crippen molar-refractivity contribution in [3.05, 3.63) is 35.4 Å². The highest BCUT2D eigenvalue weighted by molar-refractivity contribution is 7.58. The molecule has 110 valence electrons. The summed E-state index contributed by atoms with van der Waals surface area (Å²) in [4.78, 5) is 11.9. The summed E-state index contributed by atoms with van der Waals surface area (Å²) in [6.45, 7) is 4.73. The molecule has 0 aliphatic carbocycles. The van der Waals surface area contributed by atoms with E-state index in [2.05, 4.69) is 15.3 Å². The number of benzene rings is 1. The fraction of sp³-hybridized carbons (Fsp3) is 0.417. The van der Waals surface area contributed by atoms with Gasteiger partial charge in [-0.3, -0.25) is 14.4 Å². The second kappa shape index (κ2) is 5.24. The predicted octanol–water partition coefficient (Wildman–Crippen LogP) is 2.02. The fourth-order valence-electron chi connectivity index (χ4n) is 1.76. The number of hydrogen-bond donors (Lipinski definition) is 3. The highest BCUT2D eigenvalue weighted by atomic mass is 31.2. The summed E-state index contributed by atoms with van der Waals surface area (Å²) in [5, 5.41) is 7.53. The number of carbonyl (C=O) groups is 1. The number of hydrogen-bond acceptors (Lipinski definition) is 2. The minimum absolute atomic E-state index is 0.123. The first kappa shape index (κ1) is 15.1. The maximum atomic E-state index is 13.5. The van der Waals surface area contributed by atoms with E-state index in [1.807, 2.05) is 13.8 Å². The van der Waals surface area contributed by atoms with Crippen LogP contribution in [0.25, 0.3) is 0 Å². The van der Waals surface area contributed by atoms with Crippen molar-refractivity contribution in [2.45, 2.75) is 13.8 Å². The van der Waals surface area contributed by atoms with Crippen molar-refractivity contribution in [3.63, 3.8) is 0 Å². The van der Waals surface area contributed by atoms with Crippen LogP contribution in [0.4, 0.5) is 8.78 Å². The zero-order chi connectivity index (χ0) is 15.0. The zero-order valence-electron chi connectivity index (χ0n) is 11.2. The van der Waals surface area contributed by atoms with Gasteiger partial charge in [-0.2, -0.15) is 0 Å². The molecule has 0 spiro atoms. The van der Waals surface area contributed by atoms with Gasteiger partial charge in [0.05, 0.1) is 0 Å². The summed E-state index contributed by atoms with van der Waals surface area (Å²) in [6, 6.07) is 3.10. The zero-order valence-corrected chi connectivity index (χ0v) is 12.1. The smallest absolute Gasteiger partial charge is 0.279 e. The highest BCUT2D eigenvalue weighted by Gasteiger charge is 2.35. The molecule has 0 atom stereocenters. The van der Waals surface area contributed by atoms with Gasteiger partial charge in [-0.25, -0.2) is 19.0 Å². The van der Waals surface area contributed by atoms with Crippen molar-refractivity contribution >= 4 is 13.5 Å². The molecule has 1 amide bonds. The van der Waals surface area contributed by atoms with E-state index in [9.17, 15) is 18.1 Å². The van der Waals surface area contributed by atoms with Gasteiger partial charge in [-0.1, -0.05) is 19.9 Å². The number of rotatable bonds is 2. The van der Waals surface area contributed by atoms with Crippen molar-refractivity contribution in [1.29, 1.82) is 0 Å². The summed E-state index contributed by atoms with van der Waals surface area (Å²) in [7, 11) is -3.39. The summed E-state index contributed by atoms with van der Waals surface area (Å²) in [5.74, 6) is -3.04. The number of amides is 1. The lowest BCUT2D eigenvalue weighted by Crippen LogP contribution is -2.49. The first-order valence-electron chi connectivity index (χ1n) is 6.09. The van der Waals surface area contributed by atoms with Gasteiger partial charge in [0.15, 0.2) is 0 Å². The Labute approximate surface area is 115 Å². The van der Waals surface area contributed by atoms with E-state index in [-0.39, 0.29) is 5.41 Å². The molecule has 1 aromatic rings. The van der Waals surface area contributed by atoms with E-state index in [1.54, 1.807) is 0 Å². The van der Waals surface area contributed by atoms with Crippen molar-refractivity contribution in [1.82, 2.24) is 15.3 Å². The number of halogens is 2. The van der Waals surface area contributed by atoms with E-state index >= 15 is 0 Å². The van der Waals surface area contributed by atoms with E-state index < -0.39 is 30.7 Å². The van der Waals surface area contributed by atoms with Gasteiger partial charge in [0.1, 0.15) is 17.2 Å². The molecule has 1 saturated heterocycles. The fourth-order valence-corrected chi connectivity index (χ4v) is 3.73. The summed E-state index contributed by atoms with van der Waals surface area (Å²) in [6.07, 6.45) is 0. The topological polar surface area (TPSA) is 70.2 Å². The molecule has 5 nitrogen and oxygen atoms in total. The third-order valence-corrected chi connectivity index (χ3v) is 4.73. The van der Waals surface area contributed by atoms with Gasteiger partial charge in [0, 0.05) is 13.1 Å². The van der Waals surface area contributed by atoms with Crippen molar-refractivity contribution in [2.24, 2.45) is 5.41 Å². The summed E-state index contributed by atoms with van der Waals surface area (Å²) >= 11 is 0. The number of carbonyl (C=O) groups excluding carboxylic acids is 1. The van der Waals surface area contributed by atoms with Crippen LogP contribution in [0.2, 0.25) is 0 Å². The molecule has 3 N–H and O–H groups in total. The van der Waals surface area contributed by atoms with E-state index in [4.69, 9.17) is 0 Å². The van der Waals surface area contributed by atoms with E-state index in [1.165, 1.54) is 0 Å². The molecule has 1 aliphatic rings. The minimum Gasteiger partial charge on any atom is -0.279 e. The van der Waals surface area contributed by atoms with Gasteiger partial charge >= 0.3 is 7.59 Å². The lowest BCUT2D eigenvalue weighted by molar-refractivity contribution is 0.0970. The molecular weight excluding hydrogens is 287 g/mol. The molecule has 20 heavy (non-hydrogen) atoms. The molecule has 0 bridgehead atoms. The van der Waals surface area contributed by atoms with Crippen LogP contribution in [0.5, 0.6) is 0 Å². The third-order valence-electron chi connectivity index (χ3n) is 3.01. The van der Waals surface area contributed by atoms with Crippen LogP contribution in [0.15, 0.2) is 18.2 Å². The molecular formula is C12H16F2N3O2P. The Bertz CT molecular complexity index is 558. The summed E-state index contributed by atoms with van der Waals surface area (Å²) < 4.78 is 39.3. The highest BCUT2D eigenvalue weighted by Crippen LogP contribution is 2.37. The third kappa shape index (κ3) is 3.23. The Morgan fingerprint density at radius 1 is 1.25 bits per heavy atom. The monoisotopic (exact) mass is 303 g/mol. The van der Waals surface area contributed by atoms with E-state index in [0.717, 1.165) is 18.2 Å². The van der Waals surface area contributed by atoms with Gasteiger partial charge in [0.25, 0.3) is 5.91 Å². The largest absolute Gasteiger partial charge is 0.305 e. The Hall–Kier alpha value is -1.30. The Kier molecular flexibility index (Phi) is 3.95. The van der Waals surface area contributed by atoms with Crippen LogP contribution < -0.4 is 15.3 Å². The minimum atomic E-state index is -3.39. The van der Waals surface area contributed by atoms with Crippen molar-refractivity contribution < 1.29 is 18.1 Å². The van der Waals surface area contributed by atoms with Gasteiger partial charge in [0.2, 0.25) is 0 Å². The second-order valence-electron chi connectivity index (χ2n) is 5.48. The van der Waals surface area contributed by atoms with Gasteiger partial charge in [-0.15, -0.1) is 0 Å². The van der Waals surface area contributed by atoms with Crippen molar-refractivity contribution in [2.75, 3.05) is 13.1 Å². The predicted molar refractivity (Wildman–Crippen MR) is 71.2 cm³/mol. The Morgan fingerprint density at radius 2 is 1.75 bits per heavy atom. The van der Waals surface area contributed by atoms with Crippen LogP contribution in [-0.2, 0) is 4.57 Å².